The SMILES string of the molecule is CCC1CN(Cc2ncc(C)c(OC)c2C)c2nc(N)nc(Cl)c2C1=O.COc1c(C)cnc(CN2CC(C3CCCC3)C(=O)c3c(Cl)nc(N)nc32)c1C.COc1c(C)cnc(CN2CC(C3CCCCC3)C(=O)c3c(Cl)nc(N)nc32)c1C.COc1c(C)cnc(CN2CC(C3CCOCC3)C(=O)c3c(Cl)nc(N)nc32)c1C. The van der Waals surface area contributed by atoms with Gasteiger partial charge in [0.2, 0.25) is 23.8 Å². The highest BCUT2D eigenvalue weighted by Gasteiger charge is 2.45. The Hall–Kier alpha value is -9.68. The second-order valence-electron chi connectivity index (χ2n) is 30.8. The van der Waals surface area contributed by atoms with E-state index in [1.54, 1.807) is 40.8 Å². The van der Waals surface area contributed by atoms with Crippen LogP contribution in [0.2, 0.25) is 20.6 Å². The summed E-state index contributed by atoms with van der Waals surface area (Å²) in [5, 5.41) is 0.484. The van der Waals surface area contributed by atoms with Gasteiger partial charge in [0.1, 0.15) is 66.9 Å². The first kappa shape index (κ1) is 84.7. The Labute approximate surface area is 690 Å². The summed E-state index contributed by atoms with van der Waals surface area (Å²) < 4.78 is 27.7. The molecule has 0 amide bonds. The van der Waals surface area contributed by atoms with E-state index in [0.717, 1.165) is 129 Å². The first-order valence-corrected chi connectivity index (χ1v) is 40.6. The Bertz CT molecular complexity index is 4850. The predicted octanol–water partition coefficient (Wildman–Crippen LogP) is 13.8. The van der Waals surface area contributed by atoms with Crippen LogP contribution in [0.25, 0.3) is 0 Å². The van der Waals surface area contributed by atoms with Gasteiger partial charge in [-0.25, -0.2) is 19.9 Å². The number of Topliss-reactive ketones (excluding diaryl/α,β-unsaturated/α-hetero) is 4. The Morgan fingerprint density at radius 3 is 0.896 bits per heavy atom. The number of fused-ring (bicyclic) bond motifs is 4. The van der Waals surface area contributed by atoms with Gasteiger partial charge in [-0.05, 0) is 118 Å². The van der Waals surface area contributed by atoms with Crippen molar-refractivity contribution in [3.8, 4) is 23.0 Å². The largest absolute Gasteiger partial charge is 0.496 e. The van der Waals surface area contributed by atoms with Gasteiger partial charge in [0.05, 0.1) is 99.6 Å². The van der Waals surface area contributed by atoms with Crippen LogP contribution >= 0.6 is 46.4 Å². The summed E-state index contributed by atoms with van der Waals surface area (Å²) in [7, 11) is 6.64. The van der Waals surface area contributed by atoms with Gasteiger partial charge in [-0.2, -0.15) is 19.9 Å². The zero-order valence-electron chi connectivity index (χ0n) is 67.6. The van der Waals surface area contributed by atoms with Crippen LogP contribution in [-0.2, 0) is 30.9 Å². The van der Waals surface area contributed by atoms with E-state index in [1.807, 2.05) is 84.5 Å². The van der Waals surface area contributed by atoms with Gasteiger partial charge < -0.3 is 66.2 Å². The lowest BCUT2D eigenvalue weighted by Crippen LogP contribution is -2.44. The number of aromatic nitrogens is 12. The van der Waals surface area contributed by atoms with Crippen molar-refractivity contribution in [2.24, 2.45) is 41.4 Å². The molecule has 0 radical (unpaired) electrons. The van der Waals surface area contributed by atoms with Crippen LogP contribution in [0.15, 0.2) is 24.8 Å². The summed E-state index contributed by atoms with van der Waals surface area (Å²) in [5.41, 5.74) is 36.1. The third-order valence-electron chi connectivity index (χ3n) is 23.6. The summed E-state index contributed by atoms with van der Waals surface area (Å²) >= 11 is 25.4. The molecule has 0 bridgehead atoms. The van der Waals surface area contributed by atoms with Crippen molar-refractivity contribution in [1.82, 2.24) is 59.8 Å². The maximum Gasteiger partial charge on any atom is 0.223 e. The van der Waals surface area contributed by atoms with Crippen molar-refractivity contribution in [3.05, 3.63) is 135 Å². The standard InChI is InChI=1S/C22H28ClN5O2.C21H26ClN5O3.C21H26ClN5O2.C18H22ClN5O2/c1-12-9-25-16(13(2)19(12)30-3)11-28-10-15(14-7-5-4-6-8-14)18(29)17-20(23)26-22(24)27-21(17)28;1-11-8-24-15(12(2)18(11)29-3)10-27-9-14(13-4-6-30-7-5-13)17(28)16-19(22)25-21(23)26-20(16)27;1-11-8-24-15(12(2)18(11)29-3)10-27-9-14(13-6-4-5-7-13)17(28)16-19(22)25-21(23)26-20(16)27;1-5-11-7-24(8-12-10(3)15(26-4)9(2)6-21-12)17-13(14(11)25)16(19)22-18(20)23-17/h9,14-15H,4-8,10-11H2,1-3H3,(H2,24,26,27);8,13-14H,4-7,9-10H2,1-3H3,(H2,23,25,26);8,13-14H,4-7,9-10H2,1-3H3,(H2,23,25,26);6,11H,5,7-8H2,1-4H3,(H2,20,22,23). The van der Waals surface area contributed by atoms with E-state index in [4.69, 9.17) is 93.0 Å². The summed E-state index contributed by atoms with van der Waals surface area (Å²) in [5.74, 6) is 5.89. The number of anilines is 8. The molecular formula is C82H102Cl4N20O9. The van der Waals surface area contributed by atoms with Gasteiger partial charge in [-0.15, -0.1) is 0 Å². The third kappa shape index (κ3) is 17.9. The first-order valence-electron chi connectivity index (χ1n) is 39.1. The van der Waals surface area contributed by atoms with Gasteiger partial charge in [0, 0.05) is 132 Å². The molecule has 612 valence electrons. The maximum absolute atomic E-state index is 13.4. The van der Waals surface area contributed by atoms with E-state index in [1.165, 1.54) is 32.1 Å². The molecule has 15 rings (SSSR count). The van der Waals surface area contributed by atoms with Crippen LogP contribution in [0, 0.1) is 96.8 Å². The summed E-state index contributed by atoms with van der Waals surface area (Å²) in [6, 6.07) is 0. The van der Waals surface area contributed by atoms with Crippen molar-refractivity contribution in [2.45, 2.75) is 166 Å². The highest BCUT2D eigenvalue weighted by molar-refractivity contribution is 6.35. The van der Waals surface area contributed by atoms with Crippen molar-refractivity contribution >= 4 is 117 Å². The molecule has 33 heteroatoms. The molecule has 3 fully saturated rings. The normalized spacial score (nSPS) is 18.9. The Morgan fingerprint density at radius 2 is 0.626 bits per heavy atom. The van der Waals surface area contributed by atoms with E-state index in [2.05, 4.69) is 69.6 Å². The molecule has 5 aliphatic heterocycles. The number of ether oxygens (including phenoxy) is 5. The number of ketones is 4. The Morgan fingerprint density at radius 1 is 0.374 bits per heavy atom. The third-order valence-corrected chi connectivity index (χ3v) is 24.7. The molecule has 2 aliphatic carbocycles. The van der Waals surface area contributed by atoms with Crippen molar-refractivity contribution < 1.29 is 42.9 Å². The van der Waals surface area contributed by atoms with Crippen molar-refractivity contribution in [2.75, 3.05) is 110 Å². The molecule has 8 N–H and O–H groups in total. The zero-order chi connectivity index (χ0) is 82.5. The number of nitrogens with two attached hydrogens (primary N) is 4. The number of rotatable bonds is 16. The van der Waals surface area contributed by atoms with Crippen LogP contribution in [0.5, 0.6) is 23.0 Å². The molecule has 8 aromatic rings. The Kier molecular flexibility index (Phi) is 27.0. The van der Waals surface area contributed by atoms with Gasteiger partial charge in [0.25, 0.3) is 0 Å². The summed E-state index contributed by atoms with van der Waals surface area (Å²) in [6.07, 6.45) is 19.8. The molecule has 4 atom stereocenters. The number of hydrogen-bond donors (Lipinski definition) is 4. The van der Waals surface area contributed by atoms with Gasteiger partial charge in [-0.3, -0.25) is 39.1 Å². The summed E-state index contributed by atoms with van der Waals surface area (Å²) in [6.45, 7) is 23.3. The predicted molar refractivity (Wildman–Crippen MR) is 445 cm³/mol. The minimum atomic E-state index is -0.196. The molecule has 115 heavy (non-hydrogen) atoms. The zero-order valence-corrected chi connectivity index (χ0v) is 70.6. The molecule has 4 unspecified atom stereocenters. The number of carbonyl (C=O) groups is 4. The highest BCUT2D eigenvalue weighted by Crippen LogP contribution is 2.46. The van der Waals surface area contributed by atoms with E-state index in [9.17, 15) is 19.2 Å². The molecule has 0 spiro atoms. The summed E-state index contributed by atoms with van der Waals surface area (Å²) in [4.78, 5) is 113. The average Bonchev–Trinajstić information content (AvgIpc) is 1.71. The average molecular weight is 1650 g/mol. The fourth-order valence-corrected chi connectivity index (χ4v) is 18.6. The van der Waals surface area contributed by atoms with Crippen LogP contribution in [0.3, 0.4) is 0 Å². The smallest absolute Gasteiger partial charge is 0.223 e. The number of nitrogens with zero attached hydrogens (tertiary/aromatic N) is 16. The molecule has 13 heterocycles. The minimum absolute atomic E-state index is 0.00989. The second kappa shape index (κ2) is 36.6. The topological polar surface area (TPSA) is 386 Å². The van der Waals surface area contributed by atoms with Crippen LogP contribution in [0.1, 0.15) is 193 Å². The monoisotopic (exact) mass is 1650 g/mol. The molecule has 0 aromatic carbocycles. The number of carbonyl (C=O) groups excluding carboxylic acids is 4. The fraction of sp³-hybridized carbons (Fsp3) is 0.512. The number of halogens is 4. The number of hydrogen-bond acceptors (Lipinski definition) is 29. The van der Waals surface area contributed by atoms with Crippen LogP contribution in [0.4, 0.5) is 47.1 Å². The number of aryl methyl sites for hydroxylation is 4. The van der Waals surface area contributed by atoms with E-state index in [0.29, 0.717) is 129 Å². The van der Waals surface area contributed by atoms with Gasteiger partial charge >= 0.3 is 0 Å². The lowest BCUT2D eigenvalue weighted by molar-refractivity contribution is 0.0431. The quantitative estimate of drug-likeness (QED) is 0.0653. The van der Waals surface area contributed by atoms with Crippen molar-refractivity contribution in [1.29, 1.82) is 0 Å². The highest BCUT2D eigenvalue weighted by atomic mass is 35.5. The lowest BCUT2D eigenvalue weighted by Gasteiger charge is -2.39. The van der Waals surface area contributed by atoms with E-state index >= 15 is 0 Å². The Balaban J connectivity index is 0.000000142. The van der Waals surface area contributed by atoms with E-state index < -0.39 is 0 Å². The van der Waals surface area contributed by atoms with Crippen LogP contribution in [-0.4, -0.2) is 151 Å². The maximum atomic E-state index is 13.4. The van der Waals surface area contributed by atoms with Crippen LogP contribution < -0.4 is 61.5 Å². The molecule has 8 aromatic heterocycles. The minimum Gasteiger partial charge on any atom is -0.496 e. The van der Waals surface area contributed by atoms with Gasteiger partial charge in [0.15, 0.2) is 23.1 Å². The molecule has 2 saturated carbocycles. The molecule has 1 saturated heterocycles. The second-order valence-corrected chi connectivity index (χ2v) is 32.2. The number of methoxy groups -OCH3 is 4. The van der Waals surface area contributed by atoms with Crippen molar-refractivity contribution in [3.63, 3.8) is 0 Å². The molecule has 7 aliphatic rings. The van der Waals surface area contributed by atoms with Gasteiger partial charge in [-0.1, -0.05) is 85.4 Å². The first-order chi connectivity index (χ1) is 55.1. The number of pyridine rings is 4. The van der Waals surface area contributed by atoms with E-state index in [-0.39, 0.29) is 97.1 Å². The molecule has 29 nitrogen and oxygen atoms in total. The lowest BCUT2D eigenvalue weighted by atomic mass is 9.75. The number of nitrogen functional groups attached to an aromatic ring is 4. The fourth-order valence-electron chi connectivity index (χ4n) is 17.6. The molecular weight excluding hydrogens is 1550 g/mol.